The zero-order valence-electron chi connectivity index (χ0n) is 19.3. The Bertz CT molecular complexity index is 1240. The van der Waals surface area contributed by atoms with Crippen molar-refractivity contribution in [3.05, 3.63) is 97.4 Å². The fourth-order valence-electron chi connectivity index (χ4n) is 3.37. The van der Waals surface area contributed by atoms with Crippen LogP contribution >= 0.6 is 15.9 Å². The van der Waals surface area contributed by atoms with E-state index in [1.54, 1.807) is 24.6 Å². The molecule has 0 saturated heterocycles. The van der Waals surface area contributed by atoms with E-state index < -0.39 is 17.7 Å². The maximum absolute atomic E-state index is 13.9. The minimum atomic E-state index is -0.718. The van der Waals surface area contributed by atoms with E-state index in [1.807, 2.05) is 24.3 Å². The lowest BCUT2D eigenvalue weighted by molar-refractivity contribution is -0.124. The number of halogens is 3. The molecule has 0 saturated carbocycles. The average Bonchev–Trinajstić information content (AvgIpc) is 2.84. The number of pyridine rings is 1. The normalized spacial score (nSPS) is 11.8. The second-order valence-electron chi connectivity index (χ2n) is 7.94. The number of hydrogen-bond acceptors (Lipinski definition) is 5. The highest BCUT2D eigenvalue weighted by Crippen LogP contribution is 2.24. The number of aryl methyl sites for hydroxylation is 1. The molecule has 0 radical (unpaired) electrons. The lowest BCUT2D eigenvalue weighted by atomic mass is 10.1. The van der Waals surface area contributed by atoms with Crippen molar-refractivity contribution in [2.75, 3.05) is 13.7 Å². The van der Waals surface area contributed by atoms with Gasteiger partial charge in [-0.3, -0.25) is 9.59 Å². The Hall–Kier alpha value is -3.08. The van der Waals surface area contributed by atoms with Crippen LogP contribution in [-0.4, -0.2) is 35.3 Å². The highest BCUT2D eigenvalue weighted by Gasteiger charge is 2.15. The van der Waals surface area contributed by atoms with Crippen molar-refractivity contribution in [1.82, 2.24) is 15.2 Å². The highest BCUT2D eigenvalue weighted by molar-refractivity contribution is 9.10. The van der Waals surface area contributed by atoms with E-state index in [9.17, 15) is 18.4 Å². The Morgan fingerprint density at radius 3 is 2.46 bits per heavy atom. The number of carbonyl (C=O) groups is 1. The first-order valence-electron chi connectivity index (χ1n) is 10.8. The molecule has 0 aliphatic carbocycles. The molecular formula is C25H26BrF2N3O4. The van der Waals surface area contributed by atoms with E-state index in [1.165, 1.54) is 6.07 Å². The number of carbonyl (C=O) groups excluding carboxylic acids is 1. The number of hydrogen-bond donors (Lipinski definition) is 3. The third kappa shape index (κ3) is 6.74. The number of nitrogens with one attached hydrogen (secondary N) is 2. The molecule has 1 amide bonds. The third-order valence-electron chi connectivity index (χ3n) is 5.49. The zero-order valence-corrected chi connectivity index (χ0v) is 20.9. The van der Waals surface area contributed by atoms with E-state index in [0.29, 0.717) is 18.8 Å². The number of amides is 1. The first-order valence-corrected chi connectivity index (χ1v) is 11.6. The molecule has 1 atom stereocenters. The number of benzene rings is 2. The molecule has 3 rings (SSSR count). The average molecular weight is 550 g/mol. The molecule has 10 heteroatoms. The largest absolute Gasteiger partial charge is 0.487 e. The number of rotatable bonds is 10. The van der Waals surface area contributed by atoms with Gasteiger partial charge in [0.1, 0.15) is 34.5 Å². The summed E-state index contributed by atoms with van der Waals surface area (Å²) in [5.74, 6) is -1.42. The van der Waals surface area contributed by atoms with Gasteiger partial charge in [-0.15, -0.1) is 0 Å². The lowest BCUT2D eigenvalue weighted by Gasteiger charge is -2.15. The van der Waals surface area contributed by atoms with Gasteiger partial charge in [-0.05, 0) is 53.2 Å². The molecule has 2 aromatic carbocycles. The Morgan fingerprint density at radius 2 is 1.83 bits per heavy atom. The summed E-state index contributed by atoms with van der Waals surface area (Å²) in [5.41, 5.74) is 2.26. The molecule has 3 N–H and O–H groups in total. The van der Waals surface area contributed by atoms with Crippen LogP contribution in [0, 0.1) is 18.6 Å². The minimum Gasteiger partial charge on any atom is -0.487 e. The predicted molar refractivity (Wildman–Crippen MR) is 131 cm³/mol. The number of ether oxygens (including phenoxy) is 1. The van der Waals surface area contributed by atoms with Crippen molar-refractivity contribution in [3.63, 3.8) is 0 Å². The quantitative estimate of drug-likeness (QED) is 0.361. The van der Waals surface area contributed by atoms with Gasteiger partial charge in [0.25, 0.3) is 5.56 Å². The van der Waals surface area contributed by atoms with Crippen molar-refractivity contribution in [2.24, 2.45) is 0 Å². The molecule has 0 aliphatic rings. The number of nitrogens with zero attached hydrogens (tertiary/aromatic N) is 1. The first-order chi connectivity index (χ1) is 16.7. The molecular weight excluding hydrogens is 524 g/mol. The molecule has 7 nitrogen and oxygen atoms in total. The molecule has 35 heavy (non-hydrogen) atoms. The molecule has 0 aliphatic heterocycles. The van der Waals surface area contributed by atoms with Gasteiger partial charge in [-0.1, -0.05) is 24.3 Å². The highest BCUT2D eigenvalue weighted by atomic mass is 79.9. The van der Waals surface area contributed by atoms with Crippen LogP contribution in [0.1, 0.15) is 22.4 Å². The maximum atomic E-state index is 13.9. The smallest absolute Gasteiger partial charge is 0.269 e. The topological polar surface area (TPSA) is 92.6 Å². The van der Waals surface area contributed by atoms with Gasteiger partial charge < -0.3 is 25.0 Å². The van der Waals surface area contributed by atoms with Crippen LogP contribution in [0.4, 0.5) is 8.78 Å². The van der Waals surface area contributed by atoms with Gasteiger partial charge in [0.05, 0.1) is 13.2 Å². The summed E-state index contributed by atoms with van der Waals surface area (Å²) in [6.45, 7) is 1.94. The van der Waals surface area contributed by atoms with Gasteiger partial charge in [-0.2, -0.15) is 0 Å². The summed E-state index contributed by atoms with van der Waals surface area (Å²) < 4.78 is 34.4. The molecule has 0 spiro atoms. The van der Waals surface area contributed by atoms with E-state index in [2.05, 4.69) is 26.6 Å². The standard InChI is InChI=1S/C25H26BrF2N3O4/c1-15-9-22(35-14-18-7-8-19(27)10-20(18)28)23(26)25(34)31(15)12-17-5-3-16(4-6-17)11-30-24(33)21(13-32)29-2/h3-10,21,29,32H,11-14H2,1-2H3,(H,30,33)/t21-/m0/s1. The Morgan fingerprint density at radius 1 is 1.14 bits per heavy atom. The molecule has 1 heterocycles. The van der Waals surface area contributed by atoms with Crippen molar-refractivity contribution in [1.29, 1.82) is 0 Å². The fraction of sp³-hybridized carbons (Fsp3) is 0.280. The van der Waals surface area contributed by atoms with Gasteiger partial charge in [0.2, 0.25) is 5.91 Å². The van der Waals surface area contributed by atoms with Crippen LogP contribution in [-0.2, 0) is 24.5 Å². The van der Waals surface area contributed by atoms with Crippen LogP contribution in [0.25, 0.3) is 0 Å². The summed E-state index contributed by atoms with van der Waals surface area (Å²) in [7, 11) is 1.60. The third-order valence-corrected chi connectivity index (χ3v) is 6.22. The van der Waals surface area contributed by atoms with Crippen LogP contribution in [0.2, 0.25) is 0 Å². The second-order valence-corrected chi connectivity index (χ2v) is 8.73. The molecule has 0 fully saturated rings. The summed E-state index contributed by atoms with van der Waals surface area (Å²) in [5, 5.41) is 14.6. The first kappa shape index (κ1) is 26.5. The Kier molecular flexibility index (Phi) is 9.13. The van der Waals surface area contributed by atoms with Gasteiger partial charge >= 0.3 is 0 Å². The van der Waals surface area contributed by atoms with Crippen molar-refractivity contribution in [3.8, 4) is 5.75 Å². The number of aliphatic hydroxyl groups is 1. The number of aromatic nitrogens is 1. The van der Waals surface area contributed by atoms with E-state index in [-0.39, 0.29) is 40.5 Å². The van der Waals surface area contributed by atoms with E-state index in [4.69, 9.17) is 9.84 Å². The van der Waals surface area contributed by atoms with Gasteiger partial charge in [0.15, 0.2) is 0 Å². The molecule has 0 bridgehead atoms. The second kappa shape index (κ2) is 12.1. The number of aliphatic hydroxyl groups excluding tert-OH is 1. The predicted octanol–water partition coefficient (Wildman–Crippen LogP) is 3.02. The van der Waals surface area contributed by atoms with Crippen molar-refractivity contribution >= 4 is 21.8 Å². The molecule has 3 aromatic rings. The monoisotopic (exact) mass is 549 g/mol. The summed E-state index contributed by atoms with van der Waals surface area (Å²) >= 11 is 3.28. The lowest BCUT2D eigenvalue weighted by Crippen LogP contribution is -2.44. The van der Waals surface area contributed by atoms with Crippen LogP contribution < -0.4 is 20.9 Å². The van der Waals surface area contributed by atoms with Crippen LogP contribution in [0.15, 0.2) is 57.8 Å². The summed E-state index contributed by atoms with van der Waals surface area (Å²) in [6.07, 6.45) is 0. The van der Waals surface area contributed by atoms with Gasteiger partial charge in [-0.25, -0.2) is 8.78 Å². The van der Waals surface area contributed by atoms with Crippen LogP contribution in [0.5, 0.6) is 5.75 Å². The summed E-state index contributed by atoms with van der Waals surface area (Å²) in [6, 6.07) is 11.7. The van der Waals surface area contributed by atoms with Gasteiger partial charge in [0, 0.05) is 29.9 Å². The minimum absolute atomic E-state index is 0.154. The van der Waals surface area contributed by atoms with E-state index >= 15 is 0 Å². The maximum Gasteiger partial charge on any atom is 0.269 e. The summed E-state index contributed by atoms with van der Waals surface area (Å²) in [4.78, 5) is 24.9. The zero-order chi connectivity index (χ0) is 25.5. The number of likely N-dealkylation sites (N-methyl/N-ethyl adjacent to an activating group) is 1. The van der Waals surface area contributed by atoms with Crippen molar-refractivity contribution in [2.45, 2.75) is 32.7 Å². The Labute approximate surface area is 209 Å². The molecule has 1 aromatic heterocycles. The van der Waals surface area contributed by atoms with Crippen molar-refractivity contribution < 1.29 is 23.4 Å². The SMILES string of the molecule is CN[C@@H](CO)C(=O)NCc1ccc(Cn2c(C)cc(OCc3ccc(F)cc3F)c(Br)c2=O)cc1. The molecule has 0 unspecified atom stereocenters. The Balaban J connectivity index is 1.67. The molecule has 186 valence electrons. The van der Waals surface area contributed by atoms with Crippen LogP contribution in [0.3, 0.4) is 0 Å². The van der Waals surface area contributed by atoms with E-state index in [0.717, 1.165) is 23.3 Å². The fourth-order valence-corrected chi connectivity index (χ4v) is 3.82.